The Labute approximate surface area is 204 Å². The van der Waals surface area contributed by atoms with E-state index in [1.165, 1.54) is 41.2 Å². The lowest BCUT2D eigenvalue weighted by atomic mass is 10.1. The predicted octanol–water partition coefficient (Wildman–Crippen LogP) is 3.38. The molecule has 1 saturated heterocycles. The second kappa shape index (κ2) is 11.2. The predicted molar refractivity (Wildman–Crippen MR) is 133 cm³/mol. The number of hydrogen-bond acceptors (Lipinski definition) is 6. The molecule has 0 saturated carbocycles. The van der Waals surface area contributed by atoms with Gasteiger partial charge in [0.2, 0.25) is 10.0 Å². The van der Waals surface area contributed by atoms with Crippen molar-refractivity contribution in [2.24, 2.45) is 0 Å². The minimum absolute atomic E-state index is 0.130. The van der Waals surface area contributed by atoms with Crippen molar-refractivity contribution in [1.82, 2.24) is 14.9 Å². The fraction of sp³-hybridized carbons (Fsp3) is 0.320. The number of carbonyl (C=O) groups is 1. The van der Waals surface area contributed by atoms with Crippen molar-refractivity contribution in [3.63, 3.8) is 0 Å². The van der Waals surface area contributed by atoms with Crippen LogP contribution in [0, 0.1) is 0 Å². The molecule has 3 aromatic rings. The van der Waals surface area contributed by atoms with Gasteiger partial charge in [0.15, 0.2) is 0 Å². The SMILES string of the molecule is CC1CN(Cc2cccc(CNC(=O)c3ccc(S(=O)(=O)NCc4cccs4)cc3)c2)CCO1. The molecular weight excluding hydrogens is 470 g/mol. The molecular formula is C25H29N3O4S2. The normalized spacial score (nSPS) is 16.9. The first-order chi connectivity index (χ1) is 16.4. The number of nitrogens with one attached hydrogen (secondary N) is 2. The van der Waals surface area contributed by atoms with E-state index >= 15 is 0 Å². The van der Waals surface area contributed by atoms with Crippen molar-refractivity contribution in [2.45, 2.75) is 37.6 Å². The first kappa shape index (κ1) is 24.6. The molecule has 2 heterocycles. The number of carbonyl (C=O) groups excluding carboxylic acids is 1. The van der Waals surface area contributed by atoms with Crippen molar-refractivity contribution < 1.29 is 17.9 Å². The second-order valence-electron chi connectivity index (χ2n) is 8.35. The Morgan fingerprint density at radius 3 is 2.62 bits per heavy atom. The highest BCUT2D eigenvalue weighted by Gasteiger charge is 2.17. The Morgan fingerprint density at radius 1 is 1.09 bits per heavy atom. The number of hydrogen-bond donors (Lipinski definition) is 2. The largest absolute Gasteiger partial charge is 0.376 e. The van der Waals surface area contributed by atoms with Gasteiger partial charge in [-0.2, -0.15) is 0 Å². The molecule has 0 aliphatic carbocycles. The third-order valence-electron chi connectivity index (χ3n) is 5.62. The van der Waals surface area contributed by atoms with Gasteiger partial charge < -0.3 is 10.1 Å². The van der Waals surface area contributed by atoms with Crippen molar-refractivity contribution in [3.8, 4) is 0 Å². The van der Waals surface area contributed by atoms with Crippen LogP contribution in [-0.2, 0) is 34.4 Å². The van der Waals surface area contributed by atoms with Crippen LogP contribution in [0.2, 0.25) is 0 Å². The van der Waals surface area contributed by atoms with E-state index in [2.05, 4.69) is 34.0 Å². The Morgan fingerprint density at radius 2 is 1.88 bits per heavy atom. The van der Waals surface area contributed by atoms with Crippen molar-refractivity contribution in [1.29, 1.82) is 0 Å². The van der Waals surface area contributed by atoms with Gasteiger partial charge in [-0.25, -0.2) is 13.1 Å². The number of benzene rings is 2. The minimum atomic E-state index is -3.64. The van der Waals surface area contributed by atoms with E-state index in [-0.39, 0.29) is 23.5 Å². The molecule has 0 spiro atoms. The Hall–Kier alpha value is -2.56. The fourth-order valence-electron chi connectivity index (χ4n) is 3.86. The molecule has 2 aromatic carbocycles. The summed E-state index contributed by atoms with van der Waals surface area (Å²) in [5.41, 5.74) is 2.63. The lowest BCUT2D eigenvalue weighted by Crippen LogP contribution is -2.40. The molecule has 1 aromatic heterocycles. The van der Waals surface area contributed by atoms with Crippen LogP contribution in [0.4, 0.5) is 0 Å². The van der Waals surface area contributed by atoms with E-state index in [9.17, 15) is 13.2 Å². The molecule has 0 bridgehead atoms. The van der Waals surface area contributed by atoms with Crippen molar-refractivity contribution in [2.75, 3.05) is 19.7 Å². The number of sulfonamides is 1. The summed E-state index contributed by atoms with van der Waals surface area (Å²) in [6.07, 6.45) is 0.245. The summed E-state index contributed by atoms with van der Waals surface area (Å²) in [4.78, 5) is 16.0. The van der Waals surface area contributed by atoms with Gasteiger partial charge in [-0.1, -0.05) is 30.3 Å². The monoisotopic (exact) mass is 499 g/mol. The molecule has 1 fully saturated rings. The second-order valence-corrected chi connectivity index (χ2v) is 11.1. The summed E-state index contributed by atoms with van der Waals surface area (Å²) in [6, 6.07) is 17.9. The smallest absolute Gasteiger partial charge is 0.251 e. The first-order valence-electron chi connectivity index (χ1n) is 11.2. The molecule has 1 aliphatic heterocycles. The van der Waals surface area contributed by atoms with Crippen LogP contribution < -0.4 is 10.0 Å². The van der Waals surface area contributed by atoms with E-state index < -0.39 is 10.0 Å². The highest BCUT2D eigenvalue weighted by atomic mass is 32.2. The maximum atomic E-state index is 12.6. The molecule has 9 heteroatoms. The zero-order chi connectivity index (χ0) is 24.0. The molecule has 1 amide bonds. The molecule has 34 heavy (non-hydrogen) atoms. The molecule has 180 valence electrons. The number of nitrogens with zero attached hydrogens (tertiary/aromatic N) is 1. The Bertz CT molecular complexity index is 1200. The maximum Gasteiger partial charge on any atom is 0.251 e. The van der Waals surface area contributed by atoms with Crippen LogP contribution in [0.15, 0.2) is 70.9 Å². The Balaban J connectivity index is 1.31. The van der Waals surface area contributed by atoms with Crippen LogP contribution in [0.1, 0.15) is 33.3 Å². The summed E-state index contributed by atoms with van der Waals surface area (Å²) in [5.74, 6) is -0.247. The van der Waals surface area contributed by atoms with E-state index in [0.29, 0.717) is 12.1 Å². The topological polar surface area (TPSA) is 87.7 Å². The fourth-order valence-corrected chi connectivity index (χ4v) is 5.61. The summed E-state index contributed by atoms with van der Waals surface area (Å²) in [5, 5.41) is 4.82. The number of rotatable bonds is 9. The summed E-state index contributed by atoms with van der Waals surface area (Å²) < 4.78 is 33.2. The van der Waals surface area contributed by atoms with Gasteiger partial charge in [0.1, 0.15) is 0 Å². The average molecular weight is 500 g/mol. The third kappa shape index (κ3) is 6.74. The van der Waals surface area contributed by atoms with Gasteiger partial charge >= 0.3 is 0 Å². The van der Waals surface area contributed by atoms with Crippen LogP contribution in [0.3, 0.4) is 0 Å². The number of morpholine rings is 1. The average Bonchev–Trinajstić information content (AvgIpc) is 3.36. The molecule has 1 unspecified atom stereocenters. The van der Waals surface area contributed by atoms with Gasteiger partial charge in [0.05, 0.1) is 17.6 Å². The van der Waals surface area contributed by atoms with Crippen LogP contribution in [0.5, 0.6) is 0 Å². The first-order valence-corrected chi connectivity index (χ1v) is 13.6. The molecule has 2 N–H and O–H groups in total. The summed E-state index contributed by atoms with van der Waals surface area (Å²) >= 11 is 1.49. The minimum Gasteiger partial charge on any atom is -0.376 e. The van der Waals surface area contributed by atoms with E-state index in [4.69, 9.17) is 4.74 Å². The highest BCUT2D eigenvalue weighted by Crippen LogP contribution is 2.15. The lowest BCUT2D eigenvalue weighted by Gasteiger charge is -2.31. The van der Waals surface area contributed by atoms with Gasteiger partial charge in [-0.05, 0) is 53.8 Å². The lowest BCUT2D eigenvalue weighted by molar-refractivity contribution is -0.0212. The van der Waals surface area contributed by atoms with Crippen LogP contribution in [-0.4, -0.2) is 45.0 Å². The van der Waals surface area contributed by atoms with E-state index in [0.717, 1.165) is 36.7 Å². The van der Waals surface area contributed by atoms with Crippen LogP contribution >= 0.6 is 11.3 Å². The number of amides is 1. The van der Waals surface area contributed by atoms with Gasteiger partial charge in [-0.15, -0.1) is 11.3 Å². The number of ether oxygens (including phenoxy) is 1. The summed E-state index contributed by atoms with van der Waals surface area (Å²) in [6.45, 7) is 6.16. The molecule has 0 radical (unpaired) electrons. The Kier molecular flexibility index (Phi) is 8.12. The van der Waals surface area contributed by atoms with Gasteiger partial charge in [0.25, 0.3) is 5.91 Å². The molecule has 7 nitrogen and oxygen atoms in total. The zero-order valence-corrected chi connectivity index (χ0v) is 20.7. The summed E-state index contributed by atoms with van der Waals surface area (Å²) in [7, 11) is -3.64. The van der Waals surface area contributed by atoms with Crippen molar-refractivity contribution in [3.05, 3.63) is 87.6 Å². The maximum absolute atomic E-state index is 12.6. The standard InChI is InChI=1S/C25H29N3O4S2/c1-19-17-28(11-12-32-19)18-21-5-2-4-20(14-21)15-26-25(29)22-7-9-24(10-8-22)34(30,31)27-16-23-6-3-13-33-23/h2-10,13-14,19,27H,11-12,15-18H2,1H3,(H,26,29). The molecule has 4 rings (SSSR count). The molecule has 1 atom stereocenters. The quantitative estimate of drug-likeness (QED) is 0.471. The number of thiophene rings is 1. The van der Waals surface area contributed by atoms with Gasteiger partial charge in [-0.3, -0.25) is 9.69 Å². The molecule has 1 aliphatic rings. The third-order valence-corrected chi connectivity index (χ3v) is 7.91. The van der Waals surface area contributed by atoms with E-state index in [1.807, 2.05) is 29.6 Å². The van der Waals surface area contributed by atoms with E-state index in [1.54, 1.807) is 0 Å². The highest BCUT2D eigenvalue weighted by molar-refractivity contribution is 7.89. The van der Waals surface area contributed by atoms with Gasteiger partial charge in [0, 0.05) is 43.2 Å². The van der Waals surface area contributed by atoms with Crippen molar-refractivity contribution >= 4 is 27.3 Å². The zero-order valence-electron chi connectivity index (χ0n) is 19.1. The van der Waals surface area contributed by atoms with Crippen LogP contribution in [0.25, 0.3) is 0 Å².